The van der Waals surface area contributed by atoms with Gasteiger partial charge in [0.1, 0.15) is 5.78 Å². The van der Waals surface area contributed by atoms with E-state index < -0.39 is 23.7 Å². The smallest absolute Gasteiger partial charge is 0.307 e. The molecule has 0 aliphatic carbocycles. The summed E-state index contributed by atoms with van der Waals surface area (Å²) >= 11 is 0. The van der Waals surface area contributed by atoms with Gasteiger partial charge in [0.15, 0.2) is 0 Å². The second-order valence-corrected chi connectivity index (χ2v) is 8.10. The zero-order valence-electron chi connectivity index (χ0n) is 17.9. The standard InChI is InChI=1S/C24H33NO5/c1-2-3-4-5-6-7-8-9-12-19(26)17-18(24(29)30)15-16-25-22(27)20-13-10-11-14-21(20)23(25)28/h10-11,13-14,18H,2-9,12,15-17H2,1H3,(H,29,30). The summed E-state index contributed by atoms with van der Waals surface area (Å²) in [6, 6.07) is 6.57. The van der Waals surface area contributed by atoms with Crippen LogP contribution in [0.25, 0.3) is 0 Å². The highest BCUT2D eigenvalue weighted by Crippen LogP contribution is 2.24. The van der Waals surface area contributed by atoms with Crippen molar-refractivity contribution < 1.29 is 24.3 Å². The van der Waals surface area contributed by atoms with Crippen LogP contribution in [0, 0.1) is 5.92 Å². The zero-order valence-corrected chi connectivity index (χ0v) is 17.9. The Hall–Kier alpha value is -2.50. The van der Waals surface area contributed by atoms with Gasteiger partial charge in [0.25, 0.3) is 11.8 Å². The molecule has 30 heavy (non-hydrogen) atoms. The Morgan fingerprint density at radius 2 is 1.43 bits per heavy atom. The first-order chi connectivity index (χ1) is 14.5. The van der Waals surface area contributed by atoms with E-state index in [-0.39, 0.29) is 25.2 Å². The van der Waals surface area contributed by atoms with Crippen molar-refractivity contribution in [1.82, 2.24) is 4.90 Å². The van der Waals surface area contributed by atoms with E-state index in [1.54, 1.807) is 24.3 Å². The van der Waals surface area contributed by atoms with Crippen LogP contribution in [0.2, 0.25) is 0 Å². The molecule has 0 bridgehead atoms. The van der Waals surface area contributed by atoms with Crippen molar-refractivity contribution in [3.63, 3.8) is 0 Å². The van der Waals surface area contributed by atoms with Crippen molar-refractivity contribution in [2.75, 3.05) is 6.54 Å². The van der Waals surface area contributed by atoms with Gasteiger partial charge < -0.3 is 5.11 Å². The average molecular weight is 416 g/mol. The summed E-state index contributed by atoms with van der Waals surface area (Å²) < 4.78 is 0. The summed E-state index contributed by atoms with van der Waals surface area (Å²) in [6.07, 6.45) is 9.52. The number of hydrogen-bond acceptors (Lipinski definition) is 4. The van der Waals surface area contributed by atoms with Crippen LogP contribution in [0.4, 0.5) is 0 Å². The summed E-state index contributed by atoms with van der Waals surface area (Å²) in [5, 5.41) is 9.47. The van der Waals surface area contributed by atoms with Crippen LogP contribution in [0.5, 0.6) is 0 Å². The third-order valence-electron chi connectivity index (χ3n) is 5.71. The van der Waals surface area contributed by atoms with Crippen molar-refractivity contribution in [1.29, 1.82) is 0 Å². The molecule has 164 valence electrons. The molecule has 2 amide bonds. The maximum absolute atomic E-state index is 12.4. The quantitative estimate of drug-likeness (QED) is 0.326. The molecule has 6 heteroatoms. The van der Waals surface area contributed by atoms with Crippen LogP contribution in [-0.4, -0.2) is 40.1 Å². The predicted octanol–water partition coefficient (Wildman–Crippen LogP) is 4.86. The summed E-state index contributed by atoms with van der Waals surface area (Å²) in [6.45, 7) is 2.20. The number of aliphatic carboxylic acids is 1. The van der Waals surface area contributed by atoms with Gasteiger partial charge in [-0.2, -0.15) is 0 Å². The molecular formula is C24H33NO5. The Balaban J connectivity index is 1.72. The van der Waals surface area contributed by atoms with E-state index in [0.29, 0.717) is 17.5 Å². The van der Waals surface area contributed by atoms with Gasteiger partial charge >= 0.3 is 5.97 Å². The average Bonchev–Trinajstić information content (AvgIpc) is 2.97. The summed E-state index contributed by atoms with van der Waals surface area (Å²) in [4.78, 5) is 49.7. The number of ketones is 1. The molecule has 1 heterocycles. The normalized spacial score (nSPS) is 14.1. The Labute approximate surface area is 178 Å². The Morgan fingerprint density at radius 3 is 1.97 bits per heavy atom. The first-order valence-electron chi connectivity index (χ1n) is 11.2. The molecule has 1 unspecified atom stereocenters. The number of carbonyl (C=O) groups excluding carboxylic acids is 3. The van der Waals surface area contributed by atoms with Gasteiger partial charge in [0.2, 0.25) is 0 Å². The maximum atomic E-state index is 12.4. The number of carboxylic acids is 1. The molecule has 0 saturated heterocycles. The fourth-order valence-corrected chi connectivity index (χ4v) is 3.87. The van der Waals surface area contributed by atoms with Crippen LogP contribution in [0.1, 0.15) is 98.3 Å². The lowest BCUT2D eigenvalue weighted by Crippen LogP contribution is -2.33. The van der Waals surface area contributed by atoms with Crippen molar-refractivity contribution >= 4 is 23.6 Å². The molecule has 1 aliphatic rings. The molecule has 0 spiro atoms. The lowest BCUT2D eigenvalue weighted by molar-refractivity contribution is -0.144. The maximum Gasteiger partial charge on any atom is 0.307 e. The van der Waals surface area contributed by atoms with E-state index in [0.717, 1.165) is 24.2 Å². The van der Waals surface area contributed by atoms with Gasteiger partial charge in [-0.05, 0) is 25.0 Å². The lowest BCUT2D eigenvalue weighted by Gasteiger charge is -2.17. The number of hydrogen-bond donors (Lipinski definition) is 1. The van der Waals surface area contributed by atoms with Gasteiger partial charge in [0, 0.05) is 19.4 Å². The second-order valence-electron chi connectivity index (χ2n) is 8.10. The van der Waals surface area contributed by atoms with E-state index in [4.69, 9.17) is 0 Å². The number of benzene rings is 1. The van der Waals surface area contributed by atoms with E-state index in [1.165, 1.54) is 32.1 Å². The second kappa shape index (κ2) is 12.3. The minimum Gasteiger partial charge on any atom is -0.481 e. The van der Waals surface area contributed by atoms with E-state index in [2.05, 4.69) is 6.92 Å². The molecule has 1 aromatic carbocycles. The SMILES string of the molecule is CCCCCCCCCCC(=O)CC(CCN1C(=O)c2ccccc2C1=O)C(=O)O. The Morgan fingerprint density at radius 1 is 0.900 bits per heavy atom. The third kappa shape index (κ3) is 6.78. The minimum absolute atomic E-state index is 0.00829. The van der Waals surface area contributed by atoms with Gasteiger partial charge in [-0.25, -0.2) is 0 Å². The molecule has 0 saturated carbocycles. The molecule has 1 atom stereocenters. The van der Waals surface area contributed by atoms with Gasteiger partial charge in [-0.3, -0.25) is 24.1 Å². The number of fused-ring (bicyclic) bond motifs is 1. The topological polar surface area (TPSA) is 91.8 Å². The number of imide groups is 1. The van der Waals surface area contributed by atoms with Crippen molar-refractivity contribution in [3.05, 3.63) is 35.4 Å². The van der Waals surface area contributed by atoms with E-state index in [1.807, 2.05) is 0 Å². The van der Waals surface area contributed by atoms with Crippen LogP contribution in [0.15, 0.2) is 24.3 Å². The molecule has 1 aliphatic heterocycles. The predicted molar refractivity (Wildman–Crippen MR) is 114 cm³/mol. The number of unbranched alkanes of at least 4 members (excludes halogenated alkanes) is 7. The van der Waals surface area contributed by atoms with Crippen LogP contribution < -0.4 is 0 Å². The summed E-state index contributed by atoms with van der Waals surface area (Å²) in [5.74, 6) is -2.79. The largest absolute Gasteiger partial charge is 0.481 e. The van der Waals surface area contributed by atoms with Gasteiger partial charge in [-0.1, -0.05) is 64.0 Å². The molecule has 0 radical (unpaired) electrons. The highest BCUT2D eigenvalue weighted by molar-refractivity contribution is 6.21. The molecule has 1 N–H and O–H groups in total. The number of Topliss-reactive ketones (excluding diaryl/α,β-unsaturated/α-hetero) is 1. The van der Waals surface area contributed by atoms with Crippen molar-refractivity contribution in [2.45, 2.75) is 77.6 Å². The first kappa shape index (κ1) is 23.8. The van der Waals surface area contributed by atoms with Crippen molar-refractivity contribution in [3.8, 4) is 0 Å². The lowest BCUT2D eigenvalue weighted by atomic mass is 9.96. The highest BCUT2D eigenvalue weighted by atomic mass is 16.4. The molecule has 0 fully saturated rings. The molecule has 6 nitrogen and oxygen atoms in total. The highest BCUT2D eigenvalue weighted by Gasteiger charge is 2.35. The Bertz CT molecular complexity index is 723. The fourth-order valence-electron chi connectivity index (χ4n) is 3.87. The van der Waals surface area contributed by atoms with Gasteiger partial charge in [0.05, 0.1) is 17.0 Å². The number of nitrogens with zero attached hydrogens (tertiary/aromatic N) is 1. The van der Waals surface area contributed by atoms with Crippen molar-refractivity contribution in [2.24, 2.45) is 5.92 Å². The first-order valence-corrected chi connectivity index (χ1v) is 11.2. The van der Waals surface area contributed by atoms with E-state index >= 15 is 0 Å². The molecular weight excluding hydrogens is 382 g/mol. The number of rotatable bonds is 15. The van der Waals surface area contributed by atoms with Crippen LogP contribution in [0.3, 0.4) is 0 Å². The number of amides is 2. The fraction of sp³-hybridized carbons (Fsp3) is 0.583. The molecule has 2 rings (SSSR count). The third-order valence-corrected chi connectivity index (χ3v) is 5.71. The monoisotopic (exact) mass is 415 g/mol. The Kier molecular flexibility index (Phi) is 9.71. The summed E-state index contributed by atoms with van der Waals surface area (Å²) in [5.41, 5.74) is 0.695. The van der Waals surface area contributed by atoms with Crippen LogP contribution in [-0.2, 0) is 9.59 Å². The van der Waals surface area contributed by atoms with E-state index in [9.17, 15) is 24.3 Å². The summed E-state index contributed by atoms with van der Waals surface area (Å²) in [7, 11) is 0. The molecule has 1 aromatic rings. The van der Waals surface area contributed by atoms with Gasteiger partial charge in [-0.15, -0.1) is 0 Å². The van der Waals surface area contributed by atoms with Crippen LogP contribution >= 0.6 is 0 Å². The molecule has 0 aromatic heterocycles. The number of carboxylic acid groups (broad SMARTS) is 1. The zero-order chi connectivity index (χ0) is 21.9. The minimum atomic E-state index is -1.06. The number of carbonyl (C=O) groups is 4.